The normalized spacial score (nSPS) is 12.8. The number of alkyl halides is 3. The molecule has 2 rings (SSSR count). The smallest absolute Gasteiger partial charge is 0.207 e. The Kier molecular flexibility index (Phi) is 3.04. The number of hydrogen-bond donors (Lipinski definition) is 1. The molecule has 0 fully saturated rings. The van der Waals surface area contributed by atoms with E-state index >= 15 is 0 Å². The van der Waals surface area contributed by atoms with Gasteiger partial charge in [-0.05, 0) is 11.5 Å². The summed E-state index contributed by atoms with van der Waals surface area (Å²) in [4.78, 5) is -0.391. The molecule has 0 radical (unpaired) electrons. The van der Waals surface area contributed by atoms with Gasteiger partial charge in [-0.1, -0.05) is 36.4 Å². The lowest BCUT2D eigenvalue weighted by Gasteiger charge is -2.11. The summed E-state index contributed by atoms with van der Waals surface area (Å²) in [7, 11) is -4.62. The average Bonchev–Trinajstić information content (AvgIpc) is 2.25. The Balaban J connectivity index is 2.61. The second-order valence-corrected chi connectivity index (χ2v) is 5.23. The van der Waals surface area contributed by atoms with Crippen molar-refractivity contribution < 1.29 is 21.6 Å². The van der Waals surface area contributed by atoms with Gasteiger partial charge in [0.05, 0.1) is 4.90 Å². The molecular formula is C11H8F3NO2S. The van der Waals surface area contributed by atoms with Crippen LogP contribution < -0.4 is 4.72 Å². The maximum absolute atomic E-state index is 12.1. The molecule has 0 atom stereocenters. The Bertz CT molecular complexity index is 675. The van der Waals surface area contributed by atoms with Crippen LogP contribution in [0.15, 0.2) is 47.4 Å². The molecule has 1 N–H and O–H groups in total. The Morgan fingerprint density at radius 3 is 2.22 bits per heavy atom. The van der Waals surface area contributed by atoms with E-state index in [-0.39, 0.29) is 5.39 Å². The molecule has 0 aliphatic carbocycles. The van der Waals surface area contributed by atoms with Crippen LogP contribution in [0.1, 0.15) is 0 Å². The molecular weight excluding hydrogens is 267 g/mol. The molecule has 7 heteroatoms. The Morgan fingerprint density at radius 2 is 1.56 bits per heavy atom. The highest BCUT2D eigenvalue weighted by Crippen LogP contribution is 2.24. The van der Waals surface area contributed by atoms with E-state index in [1.807, 2.05) is 0 Å². The van der Waals surface area contributed by atoms with E-state index in [9.17, 15) is 21.6 Å². The molecule has 0 aromatic heterocycles. The maximum atomic E-state index is 12.1. The number of sulfonamides is 1. The highest BCUT2D eigenvalue weighted by atomic mass is 32.2. The molecule has 0 heterocycles. The van der Waals surface area contributed by atoms with Gasteiger partial charge < -0.3 is 0 Å². The van der Waals surface area contributed by atoms with Crippen molar-refractivity contribution in [3.05, 3.63) is 42.5 Å². The summed E-state index contributed by atoms with van der Waals surface area (Å²) in [5, 5.41) is 0.805. The van der Waals surface area contributed by atoms with Crippen molar-refractivity contribution in [2.45, 2.75) is 11.2 Å². The fourth-order valence-corrected chi connectivity index (χ4v) is 2.79. The molecule has 18 heavy (non-hydrogen) atoms. The minimum atomic E-state index is -4.99. The van der Waals surface area contributed by atoms with Gasteiger partial charge in [0.1, 0.15) is 0 Å². The van der Waals surface area contributed by atoms with Crippen molar-refractivity contribution >= 4 is 20.8 Å². The lowest BCUT2D eigenvalue weighted by molar-refractivity contribution is -0.138. The lowest BCUT2D eigenvalue weighted by Crippen LogP contribution is -2.37. The first-order valence-electron chi connectivity index (χ1n) is 4.88. The number of nitrogens with one attached hydrogen (secondary N) is 1. The zero-order valence-electron chi connectivity index (χ0n) is 8.90. The summed E-state index contributed by atoms with van der Waals surface area (Å²) in [6.07, 6.45) is -4.99. The van der Waals surface area contributed by atoms with Gasteiger partial charge in [0, 0.05) is 5.39 Å². The van der Waals surface area contributed by atoms with Crippen LogP contribution in [-0.2, 0) is 10.0 Å². The second-order valence-electron chi connectivity index (χ2n) is 3.58. The second kappa shape index (κ2) is 4.25. The third-order valence-corrected chi connectivity index (χ3v) is 3.72. The van der Waals surface area contributed by atoms with Crippen LogP contribution in [-0.4, -0.2) is 14.7 Å². The summed E-state index contributed by atoms with van der Waals surface area (Å²) in [6, 6.07) is 10.5. The monoisotopic (exact) mass is 275 g/mol. The number of benzene rings is 2. The standard InChI is InChI=1S/C11H8F3NO2S/c12-11(13,14)15-18(16,17)10-7-3-5-8-4-1-2-6-9(8)10/h1-7,15H. The Labute approximate surface area is 101 Å². The van der Waals surface area contributed by atoms with Crippen molar-refractivity contribution in [2.24, 2.45) is 0 Å². The van der Waals surface area contributed by atoms with Gasteiger partial charge >= 0.3 is 6.30 Å². The van der Waals surface area contributed by atoms with E-state index in [4.69, 9.17) is 0 Å². The molecule has 3 nitrogen and oxygen atoms in total. The van der Waals surface area contributed by atoms with Crippen LogP contribution in [0, 0.1) is 0 Å². The summed E-state index contributed by atoms with van der Waals surface area (Å²) in [6.45, 7) is 0. The minimum absolute atomic E-state index is 0.247. The third kappa shape index (κ3) is 2.62. The quantitative estimate of drug-likeness (QED) is 0.856. The van der Waals surface area contributed by atoms with Crippen LogP contribution in [0.3, 0.4) is 0 Å². The molecule has 2 aromatic rings. The van der Waals surface area contributed by atoms with E-state index < -0.39 is 21.2 Å². The summed E-state index contributed by atoms with van der Waals surface area (Å²) < 4.78 is 60.4. The van der Waals surface area contributed by atoms with Gasteiger partial charge in [-0.3, -0.25) is 0 Å². The maximum Gasteiger partial charge on any atom is 0.470 e. The molecule has 0 unspecified atom stereocenters. The van der Waals surface area contributed by atoms with Gasteiger partial charge in [-0.2, -0.15) is 13.2 Å². The topological polar surface area (TPSA) is 46.2 Å². The summed E-state index contributed by atoms with van der Waals surface area (Å²) in [5.74, 6) is 0. The molecule has 0 amide bonds. The zero-order valence-corrected chi connectivity index (χ0v) is 9.72. The molecule has 0 saturated heterocycles. The first kappa shape index (κ1) is 12.8. The van der Waals surface area contributed by atoms with E-state index in [0.29, 0.717) is 10.1 Å². The van der Waals surface area contributed by atoms with E-state index in [2.05, 4.69) is 0 Å². The average molecular weight is 275 g/mol. The minimum Gasteiger partial charge on any atom is -0.207 e. The van der Waals surface area contributed by atoms with E-state index in [1.54, 1.807) is 24.3 Å². The Hall–Kier alpha value is -1.60. The van der Waals surface area contributed by atoms with Crippen molar-refractivity contribution in [3.8, 4) is 0 Å². The van der Waals surface area contributed by atoms with Crippen LogP contribution in [0.5, 0.6) is 0 Å². The zero-order chi connectivity index (χ0) is 13.4. The predicted molar refractivity (Wildman–Crippen MR) is 60.3 cm³/mol. The van der Waals surface area contributed by atoms with Gasteiger partial charge in [0.15, 0.2) is 0 Å². The fourth-order valence-electron chi connectivity index (χ4n) is 1.64. The summed E-state index contributed by atoms with van der Waals surface area (Å²) >= 11 is 0. The van der Waals surface area contributed by atoms with Crippen LogP contribution in [0.2, 0.25) is 0 Å². The van der Waals surface area contributed by atoms with Gasteiger partial charge in [-0.25, -0.2) is 8.42 Å². The SMILES string of the molecule is O=S(=O)(NC(F)(F)F)c1cccc2ccccc12. The van der Waals surface area contributed by atoms with Crippen LogP contribution >= 0.6 is 0 Å². The van der Waals surface area contributed by atoms with Crippen LogP contribution in [0.4, 0.5) is 13.2 Å². The van der Waals surface area contributed by atoms with Crippen molar-refractivity contribution in [3.63, 3.8) is 0 Å². The molecule has 2 aromatic carbocycles. The van der Waals surface area contributed by atoms with Crippen LogP contribution in [0.25, 0.3) is 10.8 Å². The highest BCUT2D eigenvalue weighted by Gasteiger charge is 2.35. The summed E-state index contributed by atoms with van der Waals surface area (Å²) in [5.41, 5.74) is 0. The van der Waals surface area contributed by atoms with Crippen molar-refractivity contribution in [1.82, 2.24) is 4.72 Å². The lowest BCUT2D eigenvalue weighted by atomic mass is 10.1. The molecule has 0 spiro atoms. The molecule has 96 valence electrons. The van der Waals surface area contributed by atoms with Crippen molar-refractivity contribution in [2.75, 3.05) is 0 Å². The number of fused-ring (bicyclic) bond motifs is 1. The fraction of sp³-hybridized carbons (Fsp3) is 0.0909. The molecule has 0 aliphatic rings. The first-order valence-corrected chi connectivity index (χ1v) is 6.36. The van der Waals surface area contributed by atoms with E-state index in [1.165, 1.54) is 12.1 Å². The molecule has 0 bridgehead atoms. The largest absolute Gasteiger partial charge is 0.470 e. The highest BCUT2D eigenvalue weighted by molar-refractivity contribution is 7.89. The van der Waals surface area contributed by atoms with Crippen molar-refractivity contribution in [1.29, 1.82) is 0 Å². The third-order valence-electron chi connectivity index (χ3n) is 2.29. The molecule has 0 saturated carbocycles. The first-order chi connectivity index (χ1) is 8.30. The Morgan fingerprint density at radius 1 is 0.944 bits per heavy atom. The van der Waals surface area contributed by atoms with E-state index in [0.717, 1.165) is 6.07 Å². The number of halogens is 3. The number of rotatable bonds is 2. The predicted octanol–water partition coefficient (Wildman–Crippen LogP) is 2.64. The van der Waals surface area contributed by atoms with Gasteiger partial charge in [0.2, 0.25) is 10.0 Å². The molecule has 0 aliphatic heterocycles. The van der Waals surface area contributed by atoms with Gasteiger partial charge in [0.25, 0.3) is 0 Å². The number of hydrogen-bond acceptors (Lipinski definition) is 2. The van der Waals surface area contributed by atoms with Gasteiger partial charge in [-0.15, -0.1) is 4.72 Å².